The molecule has 0 aromatic heterocycles. The van der Waals surface area contributed by atoms with Crippen LogP contribution in [0.5, 0.6) is 0 Å². The molecule has 2 N–H and O–H groups in total. The number of benzene rings is 2. The third kappa shape index (κ3) is 2.81. The third-order valence-electron chi connectivity index (χ3n) is 6.07. The van der Waals surface area contributed by atoms with Crippen molar-refractivity contribution in [2.75, 3.05) is 12.4 Å². The number of aromatic carboxylic acids is 1. The third-order valence-corrected chi connectivity index (χ3v) is 6.07. The van der Waals surface area contributed by atoms with Crippen LogP contribution >= 0.6 is 0 Å². The fraction of sp³-hybridized carbons (Fsp3) is 0.381. The maximum absolute atomic E-state index is 11.0. The van der Waals surface area contributed by atoms with Crippen molar-refractivity contribution in [3.05, 3.63) is 65.7 Å². The summed E-state index contributed by atoms with van der Waals surface area (Å²) < 4.78 is 0. The Hall–Kier alpha value is -2.33. The molecule has 4 rings (SSSR count). The van der Waals surface area contributed by atoms with Crippen LogP contribution in [0.4, 0.5) is 5.69 Å². The molecule has 2 aliphatic rings. The lowest BCUT2D eigenvalue weighted by molar-refractivity contribution is 0.0697. The number of nitrogens with one attached hydrogen (secondary N) is 1. The number of fused-ring (bicyclic) bond motifs is 2. The lowest BCUT2D eigenvalue weighted by Crippen LogP contribution is -2.51. The van der Waals surface area contributed by atoms with E-state index in [2.05, 4.69) is 47.6 Å². The highest BCUT2D eigenvalue weighted by molar-refractivity contribution is 5.88. The van der Waals surface area contributed by atoms with E-state index in [1.54, 1.807) is 12.1 Å². The van der Waals surface area contributed by atoms with E-state index in [1.807, 2.05) is 12.1 Å². The quantitative estimate of drug-likeness (QED) is 0.888. The summed E-state index contributed by atoms with van der Waals surface area (Å²) in [6, 6.07) is 18.9. The smallest absolute Gasteiger partial charge is 0.335 e. The Balaban J connectivity index is 1.56. The van der Waals surface area contributed by atoms with Gasteiger partial charge in [-0.15, -0.1) is 0 Å². The molecule has 2 aromatic carbocycles. The Morgan fingerprint density at radius 2 is 1.88 bits per heavy atom. The molecule has 2 heterocycles. The molecule has 2 fully saturated rings. The summed E-state index contributed by atoms with van der Waals surface area (Å²) in [5.74, 6) is -0.882. The molecule has 4 heteroatoms. The molecule has 2 bridgehead atoms. The number of rotatable bonds is 4. The van der Waals surface area contributed by atoms with Gasteiger partial charge in [-0.2, -0.15) is 0 Å². The van der Waals surface area contributed by atoms with Gasteiger partial charge in [-0.3, -0.25) is 4.90 Å². The number of anilines is 1. The lowest BCUT2D eigenvalue weighted by atomic mass is 9.80. The second-order valence-corrected chi connectivity index (χ2v) is 7.36. The van der Waals surface area contributed by atoms with Crippen LogP contribution in [-0.4, -0.2) is 35.1 Å². The number of hydrogen-bond acceptors (Lipinski definition) is 3. The van der Waals surface area contributed by atoms with Gasteiger partial charge in [0.1, 0.15) is 0 Å². The summed E-state index contributed by atoms with van der Waals surface area (Å²) in [7, 11) is 2.27. The first-order chi connectivity index (χ1) is 12.1. The van der Waals surface area contributed by atoms with Crippen LogP contribution < -0.4 is 5.32 Å². The molecule has 2 aromatic rings. The Bertz CT molecular complexity index is 759. The predicted octanol–water partition coefficient (Wildman–Crippen LogP) is 3.95. The van der Waals surface area contributed by atoms with E-state index >= 15 is 0 Å². The molecule has 0 spiro atoms. The topological polar surface area (TPSA) is 52.6 Å². The van der Waals surface area contributed by atoms with E-state index in [-0.39, 0.29) is 5.54 Å². The summed E-state index contributed by atoms with van der Waals surface area (Å²) in [6.45, 7) is 0. The molecule has 4 nitrogen and oxygen atoms in total. The summed E-state index contributed by atoms with van der Waals surface area (Å²) >= 11 is 0. The Kier molecular flexibility index (Phi) is 4.00. The molecule has 130 valence electrons. The normalized spacial score (nSPS) is 28.7. The zero-order valence-corrected chi connectivity index (χ0v) is 14.5. The number of nitrogens with zero attached hydrogens (tertiary/aromatic N) is 1. The van der Waals surface area contributed by atoms with Gasteiger partial charge in [0.05, 0.1) is 5.56 Å². The molecule has 2 aliphatic heterocycles. The molecule has 3 unspecified atom stereocenters. The molecule has 0 saturated carbocycles. The number of carboxylic acid groups (broad SMARTS) is 1. The Morgan fingerprint density at radius 1 is 1.16 bits per heavy atom. The maximum atomic E-state index is 11.0. The summed E-state index contributed by atoms with van der Waals surface area (Å²) in [4.78, 5) is 13.6. The molecule has 2 saturated heterocycles. The SMILES string of the molecule is CN1C2CCC1(c1ccccc1)CC(Nc1ccc(C(=O)O)cc1)C2. The average molecular weight is 336 g/mol. The highest BCUT2D eigenvalue weighted by atomic mass is 16.4. The van der Waals surface area contributed by atoms with Gasteiger partial charge in [-0.25, -0.2) is 4.79 Å². The van der Waals surface area contributed by atoms with E-state index in [9.17, 15) is 4.79 Å². The molecule has 0 amide bonds. The molecular weight excluding hydrogens is 312 g/mol. The van der Waals surface area contributed by atoms with Crippen LogP contribution in [0.3, 0.4) is 0 Å². The van der Waals surface area contributed by atoms with Crippen LogP contribution in [0, 0.1) is 0 Å². The first-order valence-electron chi connectivity index (χ1n) is 8.97. The minimum atomic E-state index is -0.882. The lowest BCUT2D eigenvalue weighted by Gasteiger charge is -2.46. The average Bonchev–Trinajstić information content (AvgIpc) is 2.82. The van der Waals surface area contributed by atoms with Crippen LogP contribution in [-0.2, 0) is 5.54 Å². The van der Waals surface area contributed by atoms with Gasteiger partial charge < -0.3 is 10.4 Å². The number of piperidine rings is 1. The van der Waals surface area contributed by atoms with Gasteiger partial charge in [0.15, 0.2) is 0 Å². The van der Waals surface area contributed by atoms with E-state index in [0.717, 1.165) is 18.5 Å². The van der Waals surface area contributed by atoms with Crippen molar-refractivity contribution in [3.8, 4) is 0 Å². The van der Waals surface area contributed by atoms with Crippen molar-refractivity contribution in [1.82, 2.24) is 4.90 Å². The van der Waals surface area contributed by atoms with Crippen LogP contribution in [0.15, 0.2) is 54.6 Å². The number of carbonyl (C=O) groups is 1. The maximum Gasteiger partial charge on any atom is 0.335 e. The minimum absolute atomic E-state index is 0.114. The summed E-state index contributed by atoms with van der Waals surface area (Å²) in [5, 5.41) is 12.7. The van der Waals surface area contributed by atoms with Crippen molar-refractivity contribution in [1.29, 1.82) is 0 Å². The molecular formula is C21H24N2O2. The monoisotopic (exact) mass is 336 g/mol. The number of carboxylic acids is 1. The van der Waals surface area contributed by atoms with Crippen molar-refractivity contribution < 1.29 is 9.90 Å². The molecule has 0 radical (unpaired) electrons. The van der Waals surface area contributed by atoms with Crippen molar-refractivity contribution in [3.63, 3.8) is 0 Å². The van der Waals surface area contributed by atoms with Gasteiger partial charge in [0, 0.05) is 23.3 Å². The molecule has 25 heavy (non-hydrogen) atoms. The Morgan fingerprint density at radius 3 is 2.56 bits per heavy atom. The first kappa shape index (κ1) is 16.2. The highest BCUT2D eigenvalue weighted by Crippen LogP contribution is 2.50. The standard InChI is InChI=1S/C21H24N2O2/c1-23-19-11-12-21(23,16-5-3-2-4-6-16)14-18(13-19)22-17-9-7-15(8-10-17)20(24)25/h2-10,18-19,22H,11-14H2,1H3,(H,24,25). The van der Waals surface area contributed by atoms with Gasteiger partial charge in [-0.1, -0.05) is 30.3 Å². The molecule has 0 aliphatic carbocycles. The fourth-order valence-corrected chi connectivity index (χ4v) is 4.74. The van der Waals surface area contributed by atoms with E-state index in [1.165, 1.54) is 18.4 Å². The van der Waals surface area contributed by atoms with Gasteiger partial charge in [-0.05, 0) is 62.6 Å². The largest absolute Gasteiger partial charge is 0.478 e. The second kappa shape index (κ2) is 6.19. The van der Waals surface area contributed by atoms with Gasteiger partial charge in [0.25, 0.3) is 0 Å². The van der Waals surface area contributed by atoms with E-state index in [0.29, 0.717) is 17.6 Å². The van der Waals surface area contributed by atoms with Crippen LogP contribution in [0.2, 0.25) is 0 Å². The molecule has 3 atom stereocenters. The van der Waals surface area contributed by atoms with Gasteiger partial charge in [0.2, 0.25) is 0 Å². The summed E-state index contributed by atoms with van der Waals surface area (Å²) in [5.41, 5.74) is 2.85. The fourth-order valence-electron chi connectivity index (χ4n) is 4.74. The van der Waals surface area contributed by atoms with Gasteiger partial charge >= 0.3 is 5.97 Å². The second-order valence-electron chi connectivity index (χ2n) is 7.36. The minimum Gasteiger partial charge on any atom is -0.478 e. The van der Waals surface area contributed by atoms with Crippen molar-refractivity contribution in [2.45, 2.75) is 43.3 Å². The highest BCUT2D eigenvalue weighted by Gasteiger charge is 2.50. The van der Waals surface area contributed by atoms with Crippen LogP contribution in [0.1, 0.15) is 41.6 Å². The number of hydrogen-bond donors (Lipinski definition) is 2. The zero-order chi connectivity index (χ0) is 17.4. The van der Waals surface area contributed by atoms with Crippen LogP contribution in [0.25, 0.3) is 0 Å². The van der Waals surface area contributed by atoms with Crippen molar-refractivity contribution >= 4 is 11.7 Å². The zero-order valence-electron chi connectivity index (χ0n) is 14.5. The summed E-state index contributed by atoms with van der Waals surface area (Å²) in [6.07, 6.45) is 4.65. The first-order valence-corrected chi connectivity index (χ1v) is 8.97. The Labute approximate surface area is 148 Å². The predicted molar refractivity (Wildman–Crippen MR) is 99.0 cm³/mol. The van der Waals surface area contributed by atoms with E-state index in [4.69, 9.17) is 5.11 Å². The van der Waals surface area contributed by atoms with E-state index < -0.39 is 5.97 Å². The van der Waals surface area contributed by atoms with Crippen molar-refractivity contribution in [2.24, 2.45) is 0 Å².